The van der Waals surface area contributed by atoms with Gasteiger partial charge in [0, 0.05) is 20.8 Å². The number of hydrogen-bond acceptors (Lipinski definition) is 2. The number of rotatable bonds is 3. The van der Waals surface area contributed by atoms with E-state index in [0.717, 1.165) is 29.3 Å². The van der Waals surface area contributed by atoms with Crippen molar-refractivity contribution >= 4 is 33.0 Å². The molecule has 1 aromatic heterocycles. The van der Waals surface area contributed by atoms with Crippen molar-refractivity contribution in [1.82, 2.24) is 0 Å². The third-order valence-corrected chi connectivity index (χ3v) is 5.53. The zero-order valence-corrected chi connectivity index (χ0v) is 12.3. The van der Waals surface area contributed by atoms with Crippen molar-refractivity contribution in [2.75, 3.05) is 0 Å². The molecule has 1 fully saturated rings. The Hall–Kier alpha value is -0.930. The lowest BCUT2D eigenvalue weighted by atomic mass is 9.61. The van der Waals surface area contributed by atoms with Crippen LogP contribution in [0.15, 0.2) is 45.6 Å². The maximum atomic E-state index is 12.8. The zero-order valence-electron chi connectivity index (χ0n) is 9.86. The monoisotopic (exact) mass is 320 g/mol. The summed E-state index contributed by atoms with van der Waals surface area (Å²) in [4.78, 5) is 12.8. The maximum Gasteiger partial charge on any atom is 0.175 e. The molecular formula is C15H13BrOS. The molecule has 0 aliphatic heterocycles. The lowest BCUT2D eigenvalue weighted by Crippen LogP contribution is -2.42. The molecule has 1 aromatic carbocycles. The fraction of sp³-hybridized carbons (Fsp3) is 0.267. The molecule has 0 amide bonds. The molecule has 3 rings (SSSR count). The van der Waals surface area contributed by atoms with Crippen molar-refractivity contribution in [1.29, 1.82) is 0 Å². The molecule has 0 saturated heterocycles. The van der Waals surface area contributed by atoms with Gasteiger partial charge in [0.2, 0.25) is 0 Å². The average molecular weight is 321 g/mol. The number of thiophene rings is 1. The molecule has 0 bridgehead atoms. The van der Waals surface area contributed by atoms with Crippen molar-refractivity contribution in [2.24, 2.45) is 0 Å². The van der Waals surface area contributed by atoms with Gasteiger partial charge in [-0.1, -0.05) is 36.8 Å². The SMILES string of the molecule is O=C(c1cscc1Br)C1(c2ccccc2)CCC1. The Balaban J connectivity index is 2.03. The van der Waals surface area contributed by atoms with Crippen LogP contribution in [0.25, 0.3) is 0 Å². The summed E-state index contributed by atoms with van der Waals surface area (Å²) in [5.41, 5.74) is 1.73. The molecule has 92 valence electrons. The lowest BCUT2D eigenvalue weighted by Gasteiger charge is -2.40. The van der Waals surface area contributed by atoms with Gasteiger partial charge in [-0.2, -0.15) is 11.3 Å². The number of carbonyl (C=O) groups excluding carboxylic acids is 1. The van der Waals surface area contributed by atoms with Gasteiger partial charge in [0.05, 0.1) is 5.41 Å². The van der Waals surface area contributed by atoms with Crippen LogP contribution in [0.3, 0.4) is 0 Å². The minimum Gasteiger partial charge on any atom is -0.293 e. The molecule has 2 aromatic rings. The van der Waals surface area contributed by atoms with E-state index >= 15 is 0 Å². The summed E-state index contributed by atoms with van der Waals surface area (Å²) >= 11 is 5.05. The molecule has 1 heterocycles. The van der Waals surface area contributed by atoms with Gasteiger partial charge >= 0.3 is 0 Å². The van der Waals surface area contributed by atoms with Crippen molar-refractivity contribution in [2.45, 2.75) is 24.7 Å². The third kappa shape index (κ3) is 1.77. The first kappa shape index (κ1) is 12.1. The largest absolute Gasteiger partial charge is 0.293 e. The zero-order chi connectivity index (χ0) is 12.6. The summed E-state index contributed by atoms with van der Waals surface area (Å²) in [6, 6.07) is 10.2. The van der Waals surface area contributed by atoms with Gasteiger partial charge < -0.3 is 0 Å². The van der Waals surface area contributed by atoms with E-state index in [4.69, 9.17) is 0 Å². The molecule has 1 aliphatic rings. The number of carbonyl (C=O) groups is 1. The smallest absolute Gasteiger partial charge is 0.175 e. The third-order valence-electron chi connectivity index (χ3n) is 3.83. The van der Waals surface area contributed by atoms with Crippen molar-refractivity contribution < 1.29 is 4.79 Å². The highest BCUT2D eigenvalue weighted by molar-refractivity contribution is 9.10. The number of hydrogen-bond donors (Lipinski definition) is 0. The molecule has 0 atom stereocenters. The van der Waals surface area contributed by atoms with Crippen LogP contribution in [-0.4, -0.2) is 5.78 Å². The summed E-state index contributed by atoms with van der Waals surface area (Å²) in [6.45, 7) is 0. The Bertz CT molecular complexity index is 569. The van der Waals surface area contributed by atoms with E-state index in [0.29, 0.717) is 0 Å². The molecular weight excluding hydrogens is 308 g/mol. The fourth-order valence-electron chi connectivity index (χ4n) is 2.64. The van der Waals surface area contributed by atoms with E-state index in [9.17, 15) is 4.79 Å². The number of benzene rings is 1. The van der Waals surface area contributed by atoms with E-state index in [1.54, 1.807) is 11.3 Å². The van der Waals surface area contributed by atoms with Crippen molar-refractivity contribution in [3.05, 3.63) is 56.7 Å². The second-order valence-corrected chi connectivity index (χ2v) is 6.36. The van der Waals surface area contributed by atoms with E-state index in [-0.39, 0.29) is 11.2 Å². The Morgan fingerprint density at radius 1 is 1.17 bits per heavy atom. The van der Waals surface area contributed by atoms with Crippen LogP contribution in [0.2, 0.25) is 0 Å². The standard InChI is InChI=1S/C15H13BrOS/c16-13-10-18-9-12(13)14(17)15(7-4-8-15)11-5-2-1-3-6-11/h1-3,5-6,9-10H,4,7-8H2. The van der Waals surface area contributed by atoms with Crippen LogP contribution < -0.4 is 0 Å². The summed E-state index contributed by atoms with van der Waals surface area (Å²) in [5, 5.41) is 3.93. The predicted molar refractivity (Wildman–Crippen MR) is 78.3 cm³/mol. The van der Waals surface area contributed by atoms with Gasteiger partial charge in [-0.05, 0) is 34.3 Å². The Labute approximate surface area is 119 Å². The average Bonchev–Trinajstić information content (AvgIpc) is 2.75. The molecule has 3 heteroatoms. The Morgan fingerprint density at radius 3 is 2.39 bits per heavy atom. The minimum atomic E-state index is -0.273. The van der Waals surface area contributed by atoms with Crippen molar-refractivity contribution in [3.63, 3.8) is 0 Å². The highest BCUT2D eigenvalue weighted by atomic mass is 79.9. The van der Waals surface area contributed by atoms with Crippen LogP contribution in [0.5, 0.6) is 0 Å². The molecule has 0 unspecified atom stereocenters. The van der Waals surface area contributed by atoms with Gasteiger partial charge in [0.15, 0.2) is 5.78 Å². The van der Waals surface area contributed by atoms with Crippen LogP contribution >= 0.6 is 27.3 Å². The second-order valence-electron chi connectivity index (χ2n) is 4.76. The van der Waals surface area contributed by atoms with Crippen LogP contribution in [0.4, 0.5) is 0 Å². The molecule has 0 radical (unpaired) electrons. The van der Waals surface area contributed by atoms with E-state index < -0.39 is 0 Å². The van der Waals surface area contributed by atoms with Crippen molar-refractivity contribution in [3.8, 4) is 0 Å². The van der Waals surface area contributed by atoms with Gasteiger partial charge in [-0.3, -0.25) is 4.79 Å². The summed E-state index contributed by atoms with van der Waals surface area (Å²) in [6.07, 6.45) is 3.08. The predicted octanol–water partition coefficient (Wildman–Crippen LogP) is 4.82. The van der Waals surface area contributed by atoms with Gasteiger partial charge in [-0.25, -0.2) is 0 Å². The lowest BCUT2D eigenvalue weighted by molar-refractivity contribution is 0.0788. The van der Waals surface area contributed by atoms with E-state index in [2.05, 4.69) is 28.1 Å². The van der Waals surface area contributed by atoms with Crippen LogP contribution in [0.1, 0.15) is 35.2 Å². The quantitative estimate of drug-likeness (QED) is 0.741. The number of Topliss-reactive ketones (excluding diaryl/α,β-unsaturated/α-hetero) is 1. The topological polar surface area (TPSA) is 17.1 Å². The molecule has 1 nitrogen and oxygen atoms in total. The van der Waals surface area contributed by atoms with Gasteiger partial charge in [0.25, 0.3) is 0 Å². The summed E-state index contributed by atoms with van der Waals surface area (Å²) < 4.78 is 0.930. The van der Waals surface area contributed by atoms with Gasteiger partial charge in [0.1, 0.15) is 0 Å². The second kappa shape index (κ2) is 4.63. The van der Waals surface area contributed by atoms with Gasteiger partial charge in [-0.15, -0.1) is 0 Å². The highest BCUT2D eigenvalue weighted by Gasteiger charge is 2.46. The molecule has 0 spiro atoms. The first-order valence-electron chi connectivity index (χ1n) is 6.06. The Kier molecular flexibility index (Phi) is 3.12. The first-order valence-corrected chi connectivity index (χ1v) is 7.80. The number of halogens is 1. The van der Waals surface area contributed by atoms with E-state index in [1.807, 2.05) is 29.0 Å². The maximum absolute atomic E-state index is 12.8. The summed E-state index contributed by atoms with van der Waals surface area (Å²) in [5.74, 6) is 0.271. The molecule has 1 saturated carbocycles. The normalized spacial score (nSPS) is 17.2. The van der Waals surface area contributed by atoms with E-state index in [1.165, 1.54) is 5.56 Å². The minimum absolute atomic E-state index is 0.271. The molecule has 0 N–H and O–H groups in total. The molecule has 18 heavy (non-hydrogen) atoms. The number of ketones is 1. The Morgan fingerprint density at radius 2 is 1.89 bits per heavy atom. The fourth-order valence-corrected chi connectivity index (χ4v) is 4.09. The highest BCUT2D eigenvalue weighted by Crippen LogP contribution is 2.47. The first-order chi connectivity index (χ1) is 8.74. The van der Waals surface area contributed by atoms with Crippen LogP contribution in [-0.2, 0) is 5.41 Å². The molecule has 1 aliphatic carbocycles. The van der Waals surface area contributed by atoms with Crippen LogP contribution in [0, 0.1) is 0 Å². The summed E-state index contributed by atoms with van der Waals surface area (Å²) in [7, 11) is 0.